The molecule has 15 heterocycles. The molecule has 0 bridgehead atoms. The summed E-state index contributed by atoms with van der Waals surface area (Å²) in [6.07, 6.45) is 23.7. The molecule has 0 spiro atoms. The lowest BCUT2D eigenvalue weighted by molar-refractivity contribution is -0.119. The molecular weight excluding hydrogens is 1720 g/mol. The van der Waals surface area contributed by atoms with Gasteiger partial charge in [-0.1, -0.05) is 99.6 Å². The minimum Gasteiger partial charge on any atom is -0.481 e. The molecule has 32 nitrogen and oxygen atoms in total. The molecule has 0 aliphatic carbocycles. The number of hydrogen-bond acceptors (Lipinski definition) is 21. The highest BCUT2D eigenvalue weighted by Crippen LogP contribution is 2.34. The van der Waals surface area contributed by atoms with Crippen molar-refractivity contribution < 1.29 is 41.9 Å². The highest BCUT2D eigenvalue weighted by Gasteiger charge is 2.33. The number of methoxy groups -OCH3 is 1. The zero-order chi connectivity index (χ0) is 95.9. The Hall–Kier alpha value is -12.7. The maximum Gasteiger partial charge on any atom is 0.321 e. The minimum atomic E-state index is -2.92. The van der Waals surface area contributed by atoms with Crippen molar-refractivity contribution in [3.05, 3.63) is 175 Å². The molecular formula is C100H130F3N25O7. The number of amides is 5. The second-order valence-corrected chi connectivity index (χ2v) is 39.9. The summed E-state index contributed by atoms with van der Waals surface area (Å²) in [5, 5.41) is 51.7. The number of aromatic nitrogens is 15. The summed E-state index contributed by atoms with van der Waals surface area (Å²) in [7, 11) is 1.58. The lowest BCUT2D eigenvalue weighted by Gasteiger charge is -2.29. The molecule has 718 valence electrons. The van der Waals surface area contributed by atoms with E-state index in [0.717, 1.165) is 172 Å². The number of nitrogens with zero attached hydrogens (tertiary/aromatic N) is 15. The van der Waals surface area contributed by atoms with Crippen molar-refractivity contribution in [3.63, 3.8) is 0 Å². The number of benzene rings is 2. The average molecular weight is 1850 g/mol. The van der Waals surface area contributed by atoms with Crippen LogP contribution in [0, 0.1) is 32.9 Å². The van der Waals surface area contributed by atoms with Gasteiger partial charge in [-0.3, -0.25) is 73.8 Å². The van der Waals surface area contributed by atoms with Crippen LogP contribution in [0.5, 0.6) is 5.88 Å². The van der Waals surface area contributed by atoms with Crippen molar-refractivity contribution in [1.29, 1.82) is 0 Å². The standard InChI is InChI=1S/2C22H27N5O.C19H25F2N5O2.C19H27N5O2.C18H24FN5O/c1-22(2,15-27-10-3-4-11-27)14-21(28)24-20-13-19(25-26-20)17-7-8-18-16(12-17)6-5-9-23-18;1-22(2,15-27-9-5-6-10-27)13-21(28)24-20-12-19(25-26-20)17-11-16-7-3-4-8-18(16)23-14-17;1-19(2,12-25-7-3-4-8-25)10-16(27)22-15-9-14(23-24-15)13-5-6-17(28)26(11-13)18(20)21;1-19(2,13-24-8-4-5-9-24)11-17(25)21-16-10-15(22-23-16)14-6-7-18(26-3)20-12-14;1-18(2,12-24-5-3-4-6-24)9-17(25)21-16-8-15(22-23-16)13-7-14(19)11-20-10-13/h5-9,12-13H,3-4,10-11,14-15H2,1-2H3,(H2,24,25,26,28);3-4,7-8,11-12,14H,5-6,9-10,13,15H2,1-2H3,(H2,24,25,26,28);5-6,9,11,18H,3-4,7-8,10,12H2,1-2H3,(H2,22,23,24,27);6-7,10,12H,4-5,8-9,11,13H2,1-3H3,(H2,21,22,23,25);7-8,10-11H,3-6,9,12H2,1-2H3,(H2,21,22,23,25). The monoisotopic (exact) mass is 1850 g/mol. The molecule has 17 rings (SSSR count). The van der Waals surface area contributed by atoms with Crippen molar-refractivity contribution in [1.82, 2.24) is 100.0 Å². The number of H-pyrrole nitrogens is 5. The summed E-state index contributed by atoms with van der Waals surface area (Å²) >= 11 is 0. The average Bonchev–Trinajstić information content (AvgIpc) is 1.75. The van der Waals surface area contributed by atoms with E-state index in [1.54, 1.807) is 43.9 Å². The van der Waals surface area contributed by atoms with Crippen molar-refractivity contribution in [2.24, 2.45) is 27.1 Å². The van der Waals surface area contributed by atoms with Gasteiger partial charge in [-0.2, -0.15) is 34.3 Å². The molecule has 0 saturated carbocycles. The van der Waals surface area contributed by atoms with Crippen LogP contribution >= 0.6 is 0 Å². The topological polar surface area (TPSA) is 388 Å². The normalized spacial score (nSPS) is 15.3. The van der Waals surface area contributed by atoms with Crippen LogP contribution in [0.15, 0.2) is 163 Å². The number of para-hydroxylation sites is 1. The Morgan fingerprint density at radius 3 is 1.07 bits per heavy atom. The van der Waals surface area contributed by atoms with Gasteiger partial charge in [-0.25, -0.2) is 9.37 Å². The highest BCUT2D eigenvalue weighted by molar-refractivity contribution is 5.94. The molecule has 12 aromatic rings. The fraction of sp³-hybridized carbons (Fsp3) is 0.470. The summed E-state index contributed by atoms with van der Waals surface area (Å²) in [4.78, 5) is 103. The quantitative estimate of drug-likeness (QED) is 0.0187. The summed E-state index contributed by atoms with van der Waals surface area (Å²) in [6.45, 7) is 34.2. The SMILES string of the molecule is CC(C)(CC(=O)Nc1cc(-c2ccc(=O)n(C(F)F)c2)[nH]n1)CN1CCCC1.CC(C)(CC(=O)Nc1cc(-c2ccc3ncccc3c2)[nH]n1)CN1CCCC1.CC(C)(CC(=O)Nc1cc(-c2cnc3ccccc3c2)[nH]n1)CN1CCCC1.CC(C)(CC(=O)Nc1cc(-c2cncc(F)c2)[nH]n1)CN1CCCC1.COc1ccc(-c2cc(NC(=O)CC(C)(C)CN3CCCC3)n[nH]2)cn1. The van der Waals surface area contributed by atoms with E-state index in [-0.39, 0.29) is 56.6 Å². The summed E-state index contributed by atoms with van der Waals surface area (Å²) in [6, 6.07) is 36.4. The number of carbonyl (C=O) groups excluding carboxylic acids is 5. The number of likely N-dealkylation sites (tertiary alicyclic amines) is 5. The molecule has 5 aliphatic heterocycles. The van der Waals surface area contributed by atoms with Crippen molar-refractivity contribution >= 4 is 80.4 Å². The Bertz CT molecular complexity index is 5800. The Balaban J connectivity index is 0.000000143. The summed E-state index contributed by atoms with van der Waals surface area (Å²) < 4.78 is 44.4. The van der Waals surface area contributed by atoms with Gasteiger partial charge >= 0.3 is 6.55 Å². The van der Waals surface area contributed by atoms with Crippen molar-refractivity contribution in [2.75, 3.05) is 132 Å². The number of anilines is 5. The first-order chi connectivity index (χ1) is 64.6. The van der Waals surface area contributed by atoms with Gasteiger partial charge in [0.05, 0.1) is 52.8 Å². The van der Waals surface area contributed by atoms with E-state index in [0.29, 0.717) is 94.2 Å². The molecule has 2 aromatic carbocycles. The summed E-state index contributed by atoms with van der Waals surface area (Å²) in [5.74, 6) is 2.28. The largest absolute Gasteiger partial charge is 0.481 e. The van der Waals surface area contributed by atoms with Gasteiger partial charge in [-0.05, 0) is 205 Å². The molecule has 10 aromatic heterocycles. The molecule has 5 amide bonds. The van der Waals surface area contributed by atoms with Crippen LogP contribution < -0.4 is 36.9 Å². The summed E-state index contributed by atoms with van der Waals surface area (Å²) in [5.41, 5.74) is 8.05. The van der Waals surface area contributed by atoms with Gasteiger partial charge in [0.1, 0.15) is 5.82 Å². The fourth-order valence-electron chi connectivity index (χ4n) is 18.3. The maximum atomic E-state index is 13.3. The van der Waals surface area contributed by atoms with Crippen LogP contribution in [0.3, 0.4) is 0 Å². The third kappa shape index (κ3) is 30.9. The Labute approximate surface area is 786 Å². The number of ether oxygens (including phenoxy) is 1. The van der Waals surface area contributed by atoms with Gasteiger partial charge in [0.2, 0.25) is 35.4 Å². The van der Waals surface area contributed by atoms with Crippen LogP contribution in [0.25, 0.3) is 78.1 Å². The fourth-order valence-corrected chi connectivity index (χ4v) is 18.3. The van der Waals surface area contributed by atoms with E-state index >= 15 is 0 Å². The second kappa shape index (κ2) is 46.0. The predicted molar refractivity (Wildman–Crippen MR) is 522 cm³/mol. The molecule has 0 radical (unpaired) electrons. The van der Waals surface area contributed by atoms with Gasteiger partial charge in [0.25, 0.3) is 5.56 Å². The molecule has 0 atom stereocenters. The predicted octanol–water partition coefficient (Wildman–Crippen LogP) is 17.2. The lowest BCUT2D eigenvalue weighted by atomic mass is 9.88. The number of halogens is 3. The van der Waals surface area contributed by atoms with Crippen LogP contribution in [0.1, 0.15) is 172 Å². The first kappa shape index (κ1) is 99.8. The van der Waals surface area contributed by atoms with E-state index in [2.05, 4.69) is 203 Å². The van der Waals surface area contributed by atoms with E-state index in [1.165, 1.54) is 76.3 Å². The zero-order valence-electron chi connectivity index (χ0n) is 79.5. The van der Waals surface area contributed by atoms with Crippen molar-refractivity contribution in [2.45, 2.75) is 172 Å². The molecule has 5 fully saturated rings. The second-order valence-electron chi connectivity index (χ2n) is 39.9. The van der Waals surface area contributed by atoms with Crippen molar-refractivity contribution in [3.8, 4) is 62.2 Å². The third-order valence-electron chi connectivity index (χ3n) is 24.2. The molecule has 10 N–H and O–H groups in total. The van der Waals surface area contributed by atoms with E-state index in [1.807, 2.05) is 79.0 Å². The van der Waals surface area contributed by atoms with Crippen LogP contribution in [-0.4, -0.2) is 235 Å². The minimum absolute atomic E-state index is 0.00103. The number of nitrogens with one attached hydrogen (secondary N) is 10. The van der Waals surface area contributed by atoms with Crippen LogP contribution in [-0.2, 0) is 24.0 Å². The van der Waals surface area contributed by atoms with Gasteiger partial charge in [0.15, 0.2) is 29.1 Å². The molecule has 5 saturated heterocycles. The molecule has 35 heteroatoms. The molecule has 5 aliphatic rings. The number of pyridine rings is 5. The number of aromatic amines is 5. The third-order valence-corrected chi connectivity index (χ3v) is 24.2. The van der Waals surface area contributed by atoms with E-state index in [9.17, 15) is 41.9 Å². The van der Waals surface area contributed by atoms with Gasteiger partial charge in [-0.15, -0.1) is 0 Å². The highest BCUT2D eigenvalue weighted by atomic mass is 19.3. The maximum absolute atomic E-state index is 13.3. The van der Waals surface area contributed by atoms with Gasteiger partial charge in [0, 0.05) is 177 Å². The smallest absolute Gasteiger partial charge is 0.321 e. The Morgan fingerprint density at radius 1 is 0.370 bits per heavy atom. The zero-order valence-corrected chi connectivity index (χ0v) is 79.5. The van der Waals surface area contributed by atoms with E-state index < -0.39 is 17.9 Å². The number of rotatable bonds is 32. The van der Waals surface area contributed by atoms with Crippen LogP contribution in [0.4, 0.5) is 42.3 Å². The van der Waals surface area contributed by atoms with Gasteiger partial charge < -0.3 is 55.8 Å². The Kier molecular flexibility index (Phi) is 34.0. The van der Waals surface area contributed by atoms with E-state index in [4.69, 9.17) is 4.74 Å². The number of alkyl halides is 2. The number of hydrogen-bond donors (Lipinski definition) is 10. The number of carbonyl (C=O) groups is 5. The Morgan fingerprint density at radius 2 is 0.696 bits per heavy atom. The molecule has 0 unspecified atom stereocenters. The number of fused-ring (bicyclic) bond motifs is 2. The van der Waals surface area contributed by atoms with Crippen LogP contribution in [0.2, 0.25) is 0 Å². The first-order valence-corrected chi connectivity index (χ1v) is 46.8. The molecule has 135 heavy (non-hydrogen) atoms. The first-order valence-electron chi connectivity index (χ1n) is 46.8. The lowest BCUT2D eigenvalue weighted by Crippen LogP contribution is -2.35.